The molecule has 7 nitrogen and oxygen atoms in total. The topological polar surface area (TPSA) is 113 Å². The number of hydrogen-bond acceptors (Lipinski definition) is 5. The summed E-state index contributed by atoms with van der Waals surface area (Å²) < 4.78 is 69.3. The SMILES string of the molecule is Cc1c(Cl)cccc1NS(=O)(=O)c1ccc(O)c(S(=O)(=O)NCCc2ccccc2F)c1. The highest BCUT2D eigenvalue weighted by Gasteiger charge is 2.24. The fourth-order valence-electron chi connectivity index (χ4n) is 2.90. The monoisotopic (exact) mass is 498 g/mol. The minimum absolute atomic E-state index is 0.0697. The molecule has 3 aromatic carbocycles. The van der Waals surface area contributed by atoms with Crippen LogP contribution in [-0.2, 0) is 26.5 Å². The minimum Gasteiger partial charge on any atom is -0.507 e. The van der Waals surface area contributed by atoms with Crippen molar-refractivity contribution in [3.63, 3.8) is 0 Å². The van der Waals surface area contributed by atoms with E-state index < -0.39 is 36.5 Å². The Morgan fingerprint density at radius 1 is 0.969 bits per heavy atom. The molecule has 0 spiro atoms. The lowest BCUT2D eigenvalue weighted by atomic mass is 10.1. The molecule has 0 unspecified atom stereocenters. The van der Waals surface area contributed by atoms with E-state index in [1.54, 1.807) is 25.1 Å². The highest BCUT2D eigenvalue weighted by molar-refractivity contribution is 7.93. The lowest BCUT2D eigenvalue weighted by Gasteiger charge is -2.13. The first-order valence-corrected chi connectivity index (χ1v) is 12.7. The Bertz CT molecular complexity index is 1360. The molecule has 0 amide bonds. The maximum atomic E-state index is 13.7. The van der Waals surface area contributed by atoms with Gasteiger partial charge in [0.15, 0.2) is 0 Å². The summed E-state index contributed by atoms with van der Waals surface area (Å²) in [6.07, 6.45) is 0.0697. The third-order valence-electron chi connectivity index (χ3n) is 4.69. The molecule has 0 aromatic heterocycles. The summed E-state index contributed by atoms with van der Waals surface area (Å²) in [6, 6.07) is 13.5. The number of anilines is 1. The Labute approximate surface area is 191 Å². The smallest absolute Gasteiger partial charge is 0.261 e. The van der Waals surface area contributed by atoms with E-state index >= 15 is 0 Å². The van der Waals surface area contributed by atoms with Crippen molar-refractivity contribution in [1.82, 2.24) is 4.72 Å². The van der Waals surface area contributed by atoms with E-state index in [4.69, 9.17) is 11.6 Å². The van der Waals surface area contributed by atoms with Crippen LogP contribution in [0.1, 0.15) is 11.1 Å². The maximum Gasteiger partial charge on any atom is 0.261 e. The Balaban J connectivity index is 1.84. The molecule has 0 saturated carbocycles. The summed E-state index contributed by atoms with van der Waals surface area (Å²) in [5, 5.41) is 10.4. The number of hydrogen-bond donors (Lipinski definition) is 3. The largest absolute Gasteiger partial charge is 0.507 e. The minimum atomic E-state index is -4.28. The second-order valence-corrected chi connectivity index (χ2v) is 10.7. The third kappa shape index (κ3) is 5.39. The normalized spacial score (nSPS) is 12.0. The van der Waals surface area contributed by atoms with Crippen molar-refractivity contribution in [2.45, 2.75) is 23.1 Å². The zero-order valence-electron chi connectivity index (χ0n) is 16.8. The summed E-state index contributed by atoms with van der Waals surface area (Å²) in [7, 11) is -8.46. The van der Waals surface area contributed by atoms with Crippen LogP contribution in [0.4, 0.5) is 10.1 Å². The van der Waals surface area contributed by atoms with E-state index in [0.717, 1.165) is 18.2 Å². The number of nitrogens with one attached hydrogen (secondary N) is 2. The lowest BCUT2D eigenvalue weighted by molar-refractivity contribution is 0.457. The number of phenolic OH excluding ortho intramolecular Hbond substituents is 1. The number of rotatable bonds is 8. The second-order valence-electron chi connectivity index (χ2n) is 6.89. The lowest BCUT2D eigenvalue weighted by Crippen LogP contribution is -2.26. The Hall–Kier alpha value is -2.66. The molecule has 0 saturated heterocycles. The van der Waals surface area contributed by atoms with Gasteiger partial charge in [-0.25, -0.2) is 25.9 Å². The van der Waals surface area contributed by atoms with E-state index in [2.05, 4.69) is 9.44 Å². The van der Waals surface area contributed by atoms with Gasteiger partial charge >= 0.3 is 0 Å². The summed E-state index contributed by atoms with van der Waals surface area (Å²) in [6.45, 7) is 1.48. The van der Waals surface area contributed by atoms with Crippen LogP contribution in [0.5, 0.6) is 5.75 Å². The van der Waals surface area contributed by atoms with Gasteiger partial charge in [-0.3, -0.25) is 4.72 Å². The Morgan fingerprint density at radius 2 is 1.69 bits per heavy atom. The molecular weight excluding hydrogens is 479 g/mol. The molecule has 0 aliphatic carbocycles. The molecule has 3 N–H and O–H groups in total. The molecule has 170 valence electrons. The number of halogens is 2. The number of benzene rings is 3. The molecule has 11 heteroatoms. The standard InChI is InChI=1S/C21H20ClFN2O5S2/c1-14-17(22)6-4-8-19(14)25-31(27,28)16-9-10-20(26)21(13-16)32(29,30)24-12-11-15-5-2-3-7-18(15)23/h2-10,13,24-26H,11-12H2,1H3. The van der Waals surface area contributed by atoms with Gasteiger partial charge in [-0.1, -0.05) is 35.9 Å². The van der Waals surface area contributed by atoms with Crippen molar-refractivity contribution in [3.05, 3.63) is 82.6 Å². The van der Waals surface area contributed by atoms with Crippen LogP contribution in [0.3, 0.4) is 0 Å². The highest BCUT2D eigenvalue weighted by atomic mass is 35.5. The fraction of sp³-hybridized carbons (Fsp3) is 0.143. The number of sulfonamides is 2. The summed E-state index contributed by atoms with van der Waals surface area (Å²) >= 11 is 6.02. The molecule has 0 atom stereocenters. The van der Waals surface area contributed by atoms with Crippen LogP contribution in [0.25, 0.3) is 0 Å². The van der Waals surface area contributed by atoms with Crippen LogP contribution < -0.4 is 9.44 Å². The Morgan fingerprint density at radius 3 is 2.41 bits per heavy atom. The van der Waals surface area contributed by atoms with Crippen molar-refractivity contribution in [3.8, 4) is 5.75 Å². The van der Waals surface area contributed by atoms with Gasteiger partial charge < -0.3 is 5.11 Å². The fourth-order valence-corrected chi connectivity index (χ4v) is 5.45. The van der Waals surface area contributed by atoms with Gasteiger partial charge in [0.25, 0.3) is 10.0 Å². The first kappa shape index (κ1) is 24.0. The third-order valence-corrected chi connectivity index (χ3v) is 7.95. The van der Waals surface area contributed by atoms with Gasteiger partial charge in [0.05, 0.1) is 10.6 Å². The average Bonchev–Trinajstić information content (AvgIpc) is 2.72. The molecule has 0 bridgehead atoms. The first-order valence-electron chi connectivity index (χ1n) is 9.35. The van der Waals surface area contributed by atoms with Crippen molar-refractivity contribution in [1.29, 1.82) is 0 Å². The maximum absolute atomic E-state index is 13.7. The van der Waals surface area contributed by atoms with Crippen molar-refractivity contribution in [2.24, 2.45) is 0 Å². The van der Waals surface area contributed by atoms with Crippen molar-refractivity contribution >= 4 is 37.3 Å². The van der Waals surface area contributed by atoms with E-state index in [0.29, 0.717) is 16.1 Å². The molecule has 3 rings (SSSR count). The predicted octanol–water partition coefficient (Wildman–Crippen LogP) is 3.81. The first-order chi connectivity index (χ1) is 15.0. The van der Waals surface area contributed by atoms with Crippen molar-refractivity contribution < 1.29 is 26.3 Å². The second kappa shape index (κ2) is 9.45. The highest BCUT2D eigenvalue weighted by Crippen LogP contribution is 2.29. The molecule has 0 radical (unpaired) electrons. The number of phenols is 1. The van der Waals surface area contributed by atoms with Crippen LogP contribution in [-0.4, -0.2) is 28.5 Å². The van der Waals surface area contributed by atoms with Crippen LogP contribution in [0, 0.1) is 12.7 Å². The molecule has 3 aromatic rings. The summed E-state index contributed by atoms with van der Waals surface area (Å²) in [5.41, 5.74) is 1.05. The molecule has 0 fully saturated rings. The summed E-state index contributed by atoms with van der Waals surface area (Å²) in [4.78, 5) is -0.985. The van der Waals surface area contributed by atoms with Gasteiger partial charge in [-0.2, -0.15) is 0 Å². The molecule has 32 heavy (non-hydrogen) atoms. The molecule has 0 heterocycles. The van der Waals surface area contributed by atoms with Crippen molar-refractivity contribution in [2.75, 3.05) is 11.3 Å². The Kier molecular flexibility index (Phi) is 7.09. The van der Waals surface area contributed by atoms with E-state index in [-0.39, 0.29) is 23.5 Å². The van der Waals surface area contributed by atoms with Gasteiger partial charge in [0.1, 0.15) is 16.5 Å². The zero-order chi connectivity index (χ0) is 23.5. The van der Waals surface area contributed by atoms with E-state index in [1.165, 1.54) is 24.3 Å². The van der Waals surface area contributed by atoms with Gasteiger partial charge in [0.2, 0.25) is 10.0 Å². The van der Waals surface area contributed by atoms with Gasteiger partial charge in [-0.15, -0.1) is 0 Å². The molecular formula is C21H20ClFN2O5S2. The average molecular weight is 499 g/mol. The number of aromatic hydroxyl groups is 1. The molecule has 0 aliphatic heterocycles. The zero-order valence-corrected chi connectivity index (χ0v) is 19.2. The van der Waals surface area contributed by atoms with Gasteiger partial charge in [0, 0.05) is 11.6 Å². The summed E-state index contributed by atoms with van der Waals surface area (Å²) in [5.74, 6) is -1.09. The van der Waals surface area contributed by atoms with Gasteiger partial charge in [-0.05, 0) is 60.9 Å². The quantitative estimate of drug-likeness (QED) is 0.437. The molecule has 0 aliphatic rings. The van der Waals surface area contributed by atoms with Crippen LogP contribution in [0.2, 0.25) is 5.02 Å². The van der Waals surface area contributed by atoms with E-state index in [9.17, 15) is 26.3 Å². The van der Waals surface area contributed by atoms with Crippen LogP contribution in [0.15, 0.2) is 70.5 Å². The van der Waals surface area contributed by atoms with E-state index in [1.807, 2.05) is 0 Å². The predicted molar refractivity (Wildman–Crippen MR) is 120 cm³/mol. The van der Waals surface area contributed by atoms with Crippen LogP contribution >= 0.6 is 11.6 Å².